The molecule has 2 amide bonds. The lowest BCUT2D eigenvalue weighted by Gasteiger charge is -2.26. The average Bonchev–Trinajstić information content (AvgIpc) is 2.94. The number of ether oxygens (including phenoxy) is 1. The van der Waals surface area contributed by atoms with Crippen LogP contribution in [0.1, 0.15) is 18.9 Å². The summed E-state index contributed by atoms with van der Waals surface area (Å²) in [4.78, 5) is 14.0. The molecular formula is C14H21N3O2. The smallest absolute Gasteiger partial charge is 0.322 e. The van der Waals surface area contributed by atoms with Crippen molar-refractivity contribution in [2.24, 2.45) is 5.73 Å². The first-order valence-electron chi connectivity index (χ1n) is 6.69. The SMILES string of the molecule is CCN(C(=O)Nc1ccc(CN)cc1)C1CCOC1. The fourth-order valence-electron chi connectivity index (χ4n) is 2.25. The molecule has 104 valence electrons. The fourth-order valence-corrected chi connectivity index (χ4v) is 2.25. The molecule has 1 aliphatic heterocycles. The van der Waals surface area contributed by atoms with E-state index in [2.05, 4.69) is 5.32 Å². The van der Waals surface area contributed by atoms with Crippen LogP contribution in [0, 0.1) is 0 Å². The predicted octanol–water partition coefficient (Wildman–Crippen LogP) is 1.79. The average molecular weight is 263 g/mol. The zero-order valence-electron chi connectivity index (χ0n) is 11.3. The van der Waals surface area contributed by atoms with Gasteiger partial charge in [0.15, 0.2) is 0 Å². The Morgan fingerprint density at radius 2 is 2.21 bits per heavy atom. The summed E-state index contributed by atoms with van der Waals surface area (Å²) in [6.45, 7) is 4.54. The molecule has 1 aliphatic rings. The number of urea groups is 1. The highest BCUT2D eigenvalue weighted by Crippen LogP contribution is 2.15. The van der Waals surface area contributed by atoms with E-state index < -0.39 is 0 Å². The zero-order valence-corrected chi connectivity index (χ0v) is 11.3. The molecule has 0 radical (unpaired) electrons. The molecule has 0 saturated carbocycles. The van der Waals surface area contributed by atoms with E-state index >= 15 is 0 Å². The summed E-state index contributed by atoms with van der Waals surface area (Å²) in [5.41, 5.74) is 7.39. The first-order chi connectivity index (χ1) is 9.24. The lowest BCUT2D eigenvalue weighted by atomic mass is 10.2. The maximum absolute atomic E-state index is 12.2. The monoisotopic (exact) mass is 263 g/mol. The van der Waals surface area contributed by atoms with E-state index in [-0.39, 0.29) is 12.1 Å². The van der Waals surface area contributed by atoms with Crippen molar-refractivity contribution >= 4 is 11.7 Å². The minimum atomic E-state index is -0.0708. The van der Waals surface area contributed by atoms with Crippen LogP contribution in [0.2, 0.25) is 0 Å². The van der Waals surface area contributed by atoms with Crippen molar-refractivity contribution < 1.29 is 9.53 Å². The van der Waals surface area contributed by atoms with E-state index in [1.54, 1.807) is 0 Å². The van der Waals surface area contributed by atoms with Crippen molar-refractivity contribution in [1.82, 2.24) is 4.90 Å². The van der Waals surface area contributed by atoms with E-state index in [1.807, 2.05) is 36.1 Å². The van der Waals surface area contributed by atoms with Gasteiger partial charge in [-0.2, -0.15) is 0 Å². The number of benzene rings is 1. The summed E-state index contributed by atoms with van der Waals surface area (Å²) >= 11 is 0. The van der Waals surface area contributed by atoms with E-state index in [0.717, 1.165) is 24.3 Å². The molecule has 1 saturated heterocycles. The van der Waals surface area contributed by atoms with Gasteiger partial charge in [-0.15, -0.1) is 0 Å². The molecular weight excluding hydrogens is 242 g/mol. The van der Waals surface area contributed by atoms with Crippen molar-refractivity contribution in [2.45, 2.75) is 25.9 Å². The summed E-state index contributed by atoms with van der Waals surface area (Å²) in [6, 6.07) is 7.71. The molecule has 1 unspecified atom stereocenters. The summed E-state index contributed by atoms with van der Waals surface area (Å²) < 4.78 is 5.33. The lowest BCUT2D eigenvalue weighted by Crippen LogP contribution is -2.43. The fraction of sp³-hybridized carbons (Fsp3) is 0.500. The second kappa shape index (κ2) is 6.54. The molecule has 1 aromatic rings. The van der Waals surface area contributed by atoms with Gasteiger partial charge < -0.3 is 20.7 Å². The Bertz CT molecular complexity index is 413. The van der Waals surface area contributed by atoms with Crippen molar-refractivity contribution in [2.75, 3.05) is 25.1 Å². The number of amides is 2. The minimum Gasteiger partial charge on any atom is -0.379 e. The topological polar surface area (TPSA) is 67.6 Å². The predicted molar refractivity (Wildman–Crippen MR) is 75.0 cm³/mol. The number of anilines is 1. The van der Waals surface area contributed by atoms with Crippen LogP contribution in [0.4, 0.5) is 10.5 Å². The number of nitrogens with two attached hydrogens (primary N) is 1. The van der Waals surface area contributed by atoms with Gasteiger partial charge in [0.1, 0.15) is 0 Å². The Balaban J connectivity index is 1.97. The first-order valence-corrected chi connectivity index (χ1v) is 6.69. The molecule has 0 aromatic heterocycles. The Hall–Kier alpha value is -1.59. The number of nitrogens with zero attached hydrogens (tertiary/aromatic N) is 1. The standard InChI is InChI=1S/C14H21N3O2/c1-2-17(13-7-8-19-10-13)14(18)16-12-5-3-11(9-15)4-6-12/h3-6,13H,2,7-10,15H2,1H3,(H,16,18). The summed E-state index contributed by atoms with van der Waals surface area (Å²) in [7, 11) is 0. The maximum atomic E-state index is 12.2. The van der Waals surface area contributed by atoms with Gasteiger partial charge in [0.2, 0.25) is 0 Å². The van der Waals surface area contributed by atoms with Crippen molar-refractivity contribution in [3.05, 3.63) is 29.8 Å². The summed E-state index contributed by atoms with van der Waals surface area (Å²) in [6.07, 6.45) is 0.910. The van der Waals surface area contributed by atoms with Gasteiger partial charge in [0.25, 0.3) is 0 Å². The van der Waals surface area contributed by atoms with Crippen LogP contribution in [-0.4, -0.2) is 36.7 Å². The highest BCUT2D eigenvalue weighted by Gasteiger charge is 2.25. The van der Waals surface area contributed by atoms with E-state index in [4.69, 9.17) is 10.5 Å². The van der Waals surface area contributed by atoms with Crippen LogP contribution in [0.25, 0.3) is 0 Å². The zero-order chi connectivity index (χ0) is 13.7. The normalized spacial score (nSPS) is 18.3. The number of carbonyl (C=O) groups is 1. The first kappa shape index (κ1) is 13.8. The lowest BCUT2D eigenvalue weighted by molar-refractivity contribution is 0.156. The Morgan fingerprint density at radius 1 is 1.47 bits per heavy atom. The molecule has 1 heterocycles. The Morgan fingerprint density at radius 3 is 2.74 bits per heavy atom. The molecule has 0 bridgehead atoms. The van der Waals surface area contributed by atoms with Crippen molar-refractivity contribution in [3.8, 4) is 0 Å². The van der Waals surface area contributed by atoms with E-state index in [0.29, 0.717) is 19.7 Å². The number of hydrogen-bond donors (Lipinski definition) is 2. The van der Waals surface area contributed by atoms with E-state index in [9.17, 15) is 4.79 Å². The number of hydrogen-bond acceptors (Lipinski definition) is 3. The molecule has 3 N–H and O–H groups in total. The number of rotatable bonds is 4. The van der Waals surface area contributed by atoms with Crippen LogP contribution in [-0.2, 0) is 11.3 Å². The second-order valence-corrected chi connectivity index (χ2v) is 4.63. The second-order valence-electron chi connectivity index (χ2n) is 4.63. The van der Waals surface area contributed by atoms with Gasteiger partial charge in [0.05, 0.1) is 12.6 Å². The van der Waals surface area contributed by atoms with Gasteiger partial charge in [-0.3, -0.25) is 0 Å². The maximum Gasteiger partial charge on any atom is 0.322 e. The van der Waals surface area contributed by atoms with Crippen LogP contribution in [0.5, 0.6) is 0 Å². The third kappa shape index (κ3) is 3.45. The summed E-state index contributed by atoms with van der Waals surface area (Å²) in [5.74, 6) is 0. The number of carbonyl (C=O) groups excluding carboxylic acids is 1. The molecule has 0 spiro atoms. The largest absolute Gasteiger partial charge is 0.379 e. The van der Waals surface area contributed by atoms with Gasteiger partial charge in [-0.05, 0) is 31.0 Å². The van der Waals surface area contributed by atoms with Crippen molar-refractivity contribution in [3.63, 3.8) is 0 Å². The molecule has 1 atom stereocenters. The van der Waals surface area contributed by atoms with Gasteiger partial charge in [0, 0.05) is 25.4 Å². The third-order valence-electron chi connectivity index (χ3n) is 3.39. The Labute approximate surface area is 113 Å². The van der Waals surface area contributed by atoms with Crippen LogP contribution in [0.3, 0.4) is 0 Å². The molecule has 5 heteroatoms. The van der Waals surface area contributed by atoms with Crippen LogP contribution >= 0.6 is 0 Å². The molecule has 0 aliphatic carbocycles. The molecule has 19 heavy (non-hydrogen) atoms. The Kier molecular flexibility index (Phi) is 4.76. The highest BCUT2D eigenvalue weighted by atomic mass is 16.5. The number of likely N-dealkylation sites (N-methyl/N-ethyl adjacent to an activating group) is 1. The molecule has 1 aromatic carbocycles. The van der Waals surface area contributed by atoms with E-state index in [1.165, 1.54) is 0 Å². The molecule has 1 fully saturated rings. The number of nitrogens with one attached hydrogen (secondary N) is 1. The van der Waals surface area contributed by atoms with Crippen LogP contribution in [0.15, 0.2) is 24.3 Å². The van der Waals surface area contributed by atoms with Gasteiger partial charge in [-0.25, -0.2) is 4.79 Å². The third-order valence-corrected chi connectivity index (χ3v) is 3.39. The van der Waals surface area contributed by atoms with Gasteiger partial charge >= 0.3 is 6.03 Å². The highest BCUT2D eigenvalue weighted by molar-refractivity contribution is 5.89. The van der Waals surface area contributed by atoms with Gasteiger partial charge in [-0.1, -0.05) is 12.1 Å². The minimum absolute atomic E-state index is 0.0708. The van der Waals surface area contributed by atoms with Crippen molar-refractivity contribution in [1.29, 1.82) is 0 Å². The summed E-state index contributed by atoms with van der Waals surface area (Å²) in [5, 5.41) is 2.91. The molecule has 5 nitrogen and oxygen atoms in total. The quantitative estimate of drug-likeness (QED) is 0.870. The van der Waals surface area contributed by atoms with Crippen LogP contribution < -0.4 is 11.1 Å². The molecule has 2 rings (SSSR count).